The number of piperidine rings is 1. The van der Waals surface area contributed by atoms with Crippen LogP contribution in [-0.2, 0) is 0 Å². The molecular weight excluding hydrogens is 295 g/mol. The summed E-state index contributed by atoms with van der Waals surface area (Å²) in [4.78, 5) is 14.4. The summed E-state index contributed by atoms with van der Waals surface area (Å²) in [6.45, 7) is 7.56. The van der Waals surface area contributed by atoms with Crippen molar-refractivity contribution in [1.29, 1.82) is 0 Å². The van der Waals surface area contributed by atoms with E-state index < -0.39 is 0 Å². The predicted molar refractivity (Wildman–Crippen MR) is 88.5 cm³/mol. The van der Waals surface area contributed by atoms with Gasteiger partial charge in [-0.05, 0) is 41.9 Å². The minimum Gasteiger partial charge on any atom is -0.396 e. The molecule has 4 nitrogen and oxygen atoms in total. The average Bonchev–Trinajstić information content (AvgIpc) is 2.52. The summed E-state index contributed by atoms with van der Waals surface area (Å²) >= 11 is 0. The van der Waals surface area contributed by atoms with Crippen LogP contribution in [0.4, 0.5) is 9.18 Å². The lowest BCUT2D eigenvalue weighted by Crippen LogP contribution is -2.49. The number of benzene rings is 1. The van der Waals surface area contributed by atoms with Gasteiger partial charge in [0.1, 0.15) is 5.82 Å². The first-order chi connectivity index (χ1) is 10.8. The van der Waals surface area contributed by atoms with Crippen molar-refractivity contribution >= 4 is 6.03 Å². The lowest BCUT2D eigenvalue weighted by atomic mass is 9.82. The lowest BCUT2D eigenvalue weighted by molar-refractivity contribution is 0.123. The maximum Gasteiger partial charge on any atom is 0.317 e. The number of nitrogens with zero attached hydrogens (tertiary/aromatic N) is 1. The molecule has 128 valence electrons. The average molecular weight is 322 g/mol. The third kappa shape index (κ3) is 4.67. The van der Waals surface area contributed by atoms with Gasteiger partial charge in [-0.3, -0.25) is 0 Å². The second-order valence-electron chi connectivity index (χ2n) is 7.44. The molecular formula is C18H27FN2O2. The van der Waals surface area contributed by atoms with Crippen molar-refractivity contribution in [3.8, 4) is 0 Å². The van der Waals surface area contributed by atoms with E-state index in [9.17, 15) is 14.3 Å². The summed E-state index contributed by atoms with van der Waals surface area (Å²) in [5, 5.41) is 12.4. The highest BCUT2D eigenvalue weighted by molar-refractivity contribution is 5.75. The molecule has 1 saturated heterocycles. The number of likely N-dealkylation sites (tertiary alicyclic amines) is 1. The maximum atomic E-state index is 13.2. The van der Waals surface area contributed by atoms with Crippen LogP contribution in [0.3, 0.4) is 0 Å². The van der Waals surface area contributed by atoms with Crippen LogP contribution in [-0.4, -0.2) is 35.7 Å². The zero-order valence-electron chi connectivity index (χ0n) is 14.2. The summed E-state index contributed by atoms with van der Waals surface area (Å²) < 4.78 is 13.2. The van der Waals surface area contributed by atoms with Crippen molar-refractivity contribution in [1.82, 2.24) is 10.2 Å². The van der Waals surface area contributed by atoms with E-state index in [4.69, 9.17) is 0 Å². The number of urea groups is 1. The number of carbonyl (C=O) groups is 1. The first-order valence-corrected chi connectivity index (χ1v) is 8.23. The molecule has 2 unspecified atom stereocenters. The molecule has 0 bridgehead atoms. The van der Waals surface area contributed by atoms with Crippen LogP contribution in [0.25, 0.3) is 0 Å². The van der Waals surface area contributed by atoms with Gasteiger partial charge in [-0.25, -0.2) is 9.18 Å². The Balaban J connectivity index is 2.11. The summed E-state index contributed by atoms with van der Waals surface area (Å²) in [6.07, 6.45) is 1.87. The normalized spacial score (nSPS) is 20.2. The van der Waals surface area contributed by atoms with Crippen molar-refractivity contribution in [2.75, 3.05) is 19.7 Å². The summed E-state index contributed by atoms with van der Waals surface area (Å²) in [5.41, 5.74) is 0.697. The summed E-state index contributed by atoms with van der Waals surface area (Å²) in [6, 6.07) is 5.96. The monoisotopic (exact) mass is 322 g/mol. The molecule has 1 aromatic carbocycles. The molecule has 2 N–H and O–H groups in total. The number of aliphatic hydroxyl groups excluding tert-OH is 1. The van der Waals surface area contributed by atoms with Crippen molar-refractivity contribution in [3.63, 3.8) is 0 Å². The van der Waals surface area contributed by atoms with Gasteiger partial charge in [0.05, 0.1) is 6.04 Å². The largest absolute Gasteiger partial charge is 0.396 e. The molecule has 1 fully saturated rings. The molecule has 0 aliphatic carbocycles. The molecule has 0 saturated carbocycles. The molecule has 2 rings (SSSR count). The van der Waals surface area contributed by atoms with E-state index >= 15 is 0 Å². The molecule has 1 heterocycles. The Labute approximate surface area is 137 Å². The Kier molecular flexibility index (Phi) is 5.63. The Morgan fingerprint density at radius 2 is 2.04 bits per heavy atom. The van der Waals surface area contributed by atoms with Crippen LogP contribution in [0.2, 0.25) is 0 Å². The fourth-order valence-corrected chi connectivity index (χ4v) is 3.07. The molecule has 5 heteroatoms. The number of amides is 2. The number of rotatable bonds is 3. The summed E-state index contributed by atoms with van der Waals surface area (Å²) in [7, 11) is 0. The fourth-order valence-electron chi connectivity index (χ4n) is 3.07. The van der Waals surface area contributed by atoms with Crippen LogP contribution in [0.5, 0.6) is 0 Å². The maximum absolute atomic E-state index is 13.2. The van der Waals surface area contributed by atoms with Gasteiger partial charge in [-0.2, -0.15) is 0 Å². The number of carbonyl (C=O) groups excluding carboxylic acids is 1. The second-order valence-corrected chi connectivity index (χ2v) is 7.44. The highest BCUT2D eigenvalue weighted by atomic mass is 19.1. The zero-order valence-corrected chi connectivity index (χ0v) is 14.2. The number of halogens is 1. The van der Waals surface area contributed by atoms with Crippen LogP contribution in [0, 0.1) is 17.2 Å². The van der Waals surface area contributed by atoms with Crippen molar-refractivity contribution in [2.45, 2.75) is 39.7 Å². The number of nitrogens with one attached hydrogen (secondary N) is 1. The van der Waals surface area contributed by atoms with Gasteiger partial charge < -0.3 is 15.3 Å². The van der Waals surface area contributed by atoms with E-state index in [1.807, 2.05) is 20.8 Å². The zero-order chi connectivity index (χ0) is 17.0. The third-order valence-electron chi connectivity index (χ3n) is 4.40. The fraction of sp³-hybridized carbons (Fsp3) is 0.611. The van der Waals surface area contributed by atoms with Crippen LogP contribution in [0.15, 0.2) is 24.3 Å². The Morgan fingerprint density at radius 1 is 1.39 bits per heavy atom. The highest BCUT2D eigenvalue weighted by Crippen LogP contribution is 2.33. The van der Waals surface area contributed by atoms with Gasteiger partial charge in [0.15, 0.2) is 0 Å². The Bertz CT molecular complexity index is 525. The predicted octanol–water partition coefficient (Wildman–Crippen LogP) is 3.33. The van der Waals surface area contributed by atoms with Crippen molar-refractivity contribution in [3.05, 3.63) is 35.6 Å². The number of hydrogen-bond acceptors (Lipinski definition) is 2. The minimum absolute atomic E-state index is 0.116. The van der Waals surface area contributed by atoms with Gasteiger partial charge in [-0.1, -0.05) is 32.9 Å². The van der Waals surface area contributed by atoms with Crippen LogP contribution in [0.1, 0.15) is 45.2 Å². The quantitative estimate of drug-likeness (QED) is 0.897. The molecule has 23 heavy (non-hydrogen) atoms. The molecule has 2 amide bonds. The third-order valence-corrected chi connectivity index (χ3v) is 4.40. The summed E-state index contributed by atoms with van der Waals surface area (Å²) in [5.74, 6) is -0.122. The molecule has 2 atom stereocenters. The smallest absolute Gasteiger partial charge is 0.317 e. The van der Waals surface area contributed by atoms with Crippen LogP contribution < -0.4 is 5.32 Å². The van der Waals surface area contributed by atoms with Gasteiger partial charge in [0.2, 0.25) is 0 Å². The number of aliphatic hydroxyl groups is 1. The van der Waals surface area contributed by atoms with Crippen molar-refractivity contribution in [2.24, 2.45) is 11.3 Å². The Hall–Kier alpha value is -1.62. The van der Waals surface area contributed by atoms with Gasteiger partial charge >= 0.3 is 6.03 Å². The topological polar surface area (TPSA) is 52.6 Å². The first kappa shape index (κ1) is 17.7. The van der Waals surface area contributed by atoms with E-state index in [1.165, 1.54) is 12.1 Å². The molecule has 0 aromatic heterocycles. The molecule has 1 aliphatic rings. The number of hydrogen-bond donors (Lipinski definition) is 2. The van der Waals surface area contributed by atoms with E-state index in [2.05, 4.69) is 5.32 Å². The van der Waals surface area contributed by atoms with Gasteiger partial charge in [0, 0.05) is 19.7 Å². The van der Waals surface area contributed by atoms with Crippen molar-refractivity contribution < 1.29 is 14.3 Å². The standard InChI is InChI=1S/C18H27FN2O2/c1-18(2,3)16(14-6-8-15(19)9-7-14)20-17(23)21-10-4-5-13(11-21)12-22/h6-9,13,16,22H,4-5,10-12H2,1-3H3,(H,20,23). The molecule has 0 radical (unpaired) electrons. The second kappa shape index (κ2) is 7.30. The van der Waals surface area contributed by atoms with Gasteiger partial charge in [0.25, 0.3) is 0 Å². The molecule has 1 aliphatic heterocycles. The van der Waals surface area contributed by atoms with E-state index in [0.29, 0.717) is 13.1 Å². The lowest BCUT2D eigenvalue weighted by Gasteiger charge is -2.37. The van der Waals surface area contributed by atoms with E-state index in [0.717, 1.165) is 18.4 Å². The highest BCUT2D eigenvalue weighted by Gasteiger charge is 2.31. The first-order valence-electron chi connectivity index (χ1n) is 8.23. The van der Waals surface area contributed by atoms with E-state index in [1.54, 1.807) is 17.0 Å². The van der Waals surface area contributed by atoms with E-state index in [-0.39, 0.29) is 35.8 Å². The Morgan fingerprint density at radius 3 is 2.61 bits per heavy atom. The molecule has 0 spiro atoms. The molecule has 1 aromatic rings. The minimum atomic E-state index is -0.283. The van der Waals surface area contributed by atoms with Crippen LogP contribution >= 0.6 is 0 Å². The van der Waals surface area contributed by atoms with Gasteiger partial charge in [-0.15, -0.1) is 0 Å². The SMILES string of the molecule is CC(C)(C)C(NC(=O)N1CCCC(CO)C1)c1ccc(F)cc1.